The third kappa shape index (κ3) is 11.9. The Morgan fingerprint density at radius 1 is 0.838 bits per heavy atom. The van der Waals surface area contributed by atoms with Gasteiger partial charge in [-0.15, -0.1) is 0 Å². The molecule has 0 aromatic heterocycles. The average molecular weight is 940 g/mol. The van der Waals surface area contributed by atoms with Crippen molar-refractivity contribution in [1.82, 2.24) is 30.2 Å². The number of piperidine rings is 1. The van der Waals surface area contributed by atoms with E-state index < -0.39 is 54.1 Å². The van der Waals surface area contributed by atoms with Crippen molar-refractivity contribution in [1.29, 1.82) is 0 Å². The Labute approximate surface area is 401 Å². The monoisotopic (exact) mass is 940 g/mol. The first-order valence-electron chi connectivity index (χ1n) is 24.4. The number of carbonyl (C=O) groups is 7. The Morgan fingerprint density at radius 3 is 2.10 bits per heavy atom. The van der Waals surface area contributed by atoms with Gasteiger partial charge in [0, 0.05) is 58.1 Å². The molecule has 16 nitrogen and oxygen atoms in total. The molecular weight excluding hydrogens is 867 g/mol. The lowest BCUT2D eigenvalue weighted by Gasteiger charge is -2.41. The van der Waals surface area contributed by atoms with Crippen LogP contribution in [0.15, 0.2) is 66.7 Å². The number of rotatable bonds is 22. The summed E-state index contributed by atoms with van der Waals surface area (Å²) in [4.78, 5) is 102. The average Bonchev–Trinajstić information content (AvgIpc) is 4.14. The van der Waals surface area contributed by atoms with Crippen LogP contribution in [-0.4, -0.2) is 144 Å². The molecule has 2 bridgehead atoms. The second-order valence-corrected chi connectivity index (χ2v) is 19.7. The van der Waals surface area contributed by atoms with E-state index in [2.05, 4.69) is 20.9 Å². The summed E-state index contributed by atoms with van der Waals surface area (Å²) in [5.41, 5.74) is 2.01. The normalized spacial score (nSPS) is 23.3. The fourth-order valence-electron chi connectivity index (χ4n) is 10.9. The minimum atomic E-state index is -0.973. The van der Waals surface area contributed by atoms with Crippen molar-refractivity contribution >= 4 is 47.0 Å². The van der Waals surface area contributed by atoms with Gasteiger partial charge in [-0.2, -0.15) is 0 Å². The largest absolute Gasteiger partial charge is 0.379 e. The lowest BCUT2D eigenvalue weighted by Crippen LogP contribution is -2.60. The van der Waals surface area contributed by atoms with Crippen LogP contribution in [0.25, 0.3) is 0 Å². The van der Waals surface area contributed by atoms with Gasteiger partial charge >= 0.3 is 0 Å². The summed E-state index contributed by atoms with van der Waals surface area (Å²) in [6.07, 6.45) is 6.41. The summed E-state index contributed by atoms with van der Waals surface area (Å²) < 4.78 is 12.1. The molecule has 2 aromatic rings. The van der Waals surface area contributed by atoms with E-state index in [1.807, 2.05) is 65.1 Å². The topological polar surface area (TPSA) is 187 Å². The molecule has 68 heavy (non-hydrogen) atoms. The maximum Gasteiger partial charge on any atom is 0.253 e. The summed E-state index contributed by atoms with van der Waals surface area (Å²) in [5.74, 6) is -2.85. The summed E-state index contributed by atoms with van der Waals surface area (Å²) >= 11 is 0. The van der Waals surface area contributed by atoms with Gasteiger partial charge in [0.2, 0.25) is 29.5 Å². The van der Waals surface area contributed by atoms with Gasteiger partial charge < -0.3 is 35.2 Å². The predicted molar refractivity (Wildman–Crippen MR) is 257 cm³/mol. The fourth-order valence-corrected chi connectivity index (χ4v) is 10.9. The van der Waals surface area contributed by atoms with Crippen molar-refractivity contribution in [3.63, 3.8) is 0 Å². The number of likely N-dealkylation sites (N-methyl/N-ethyl adjacent to an activating group) is 2. The maximum atomic E-state index is 14.5. The van der Waals surface area contributed by atoms with Crippen molar-refractivity contribution in [3.05, 3.63) is 77.9 Å². The van der Waals surface area contributed by atoms with Gasteiger partial charge in [0.15, 0.2) is 0 Å². The van der Waals surface area contributed by atoms with Crippen molar-refractivity contribution in [2.45, 2.75) is 141 Å². The Kier molecular flexibility index (Phi) is 17.7. The molecule has 0 radical (unpaired) electrons. The molecule has 3 N–H and O–H groups in total. The number of likely N-dealkylation sites (tertiary alicyclic amines) is 2. The Morgan fingerprint density at radius 2 is 1.51 bits per heavy atom. The second-order valence-electron chi connectivity index (χ2n) is 19.7. The smallest absolute Gasteiger partial charge is 0.253 e. The van der Waals surface area contributed by atoms with E-state index in [-0.39, 0.29) is 66.8 Å². The molecule has 2 aromatic carbocycles. The zero-order chi connectivity index (χ0) is 49.4. The van der Waals surface area contributed by atoms with Gasteiger partial charge in [-0.1, -0.05) is 83.5 Å². The highest BCUT2D eigenvalue weighted by Gasteiger charge is 2.49. The van der Waals surface area contributed by atoms with Gasteiger partial charge in [0.25, 0.3) is 11.8 Å². The number of imide groups is 1. The van der Waals surface area contributed by atoms with E-state index in [1.165, 1.54) is 19.3 Å². The van der Waals surface area contributed by atoms with E-state index in [0.717, 1.165) is 29.7 Å². The third-order valence-electron chi connectivity index (χ3n) is 15.0. The van der Waals surface area contributed by atoms with E-state index in [4.69, 9.17) is 9.47 Å². The number of hydrogen-bond acceptors (Lipinski definition) is 10. The van der Waals surface area contributed by atoms with Crippen LogP contribution in [0.2, 0.25) is 0 Å². The first kappa shape index (κ1) is 51.9. The molecule has 0 unspecified atom stereocenters. The number of amides is 7. The van der Waals surface area contributed by atoms with Crippen LogP contribution >= 0.6 is 0 Å². The van der Waals surface area contributed by atoms with Gasteiger partial charge in [-0.3, -0.25) is 43.4 Å². The van der Waals surface area contributed by atoms with E-state index in [1.54, 1.807) is 55.1 Å². The van der Waals surface area contributed by atoms with Gasteiger partial charge in [-0.25, -0.2) is 0 Å². The van der Waals surface area contributed by atoms with Crippen molar-refractivity contribution < 1.29 is 43.0 Å². The predicted octanol–water partition coefficient (Wildman–Crippen LogP) is 4.32. The molecule has 3 aliphatic heterocycles. The number of nitrogens with one attached hydrogen (secondary N) is 3. The second kappa shape index (κ2) is 23.2. The van der Waals surface area contributed by atoms with Gasteiger partial charge in [0.05, 0.1) is 49.2 Å². The van der Waals surface area contributed by atoms with Crippen LogP contribution in [0.3, 0.4) is 0 Å². The molecular formula is C52H73N7O9. The highest BCUT2D eigenvalue weighted by atomic mass is 16.5. The molecule has 4 aliphatic rings. The van der Waals surface area contributed by atoms with Crippen molar-refractivity contribution in [2.75, 3.05) is 40.2 Å². The minimum Gasteiger partial charge on any atom is -0.379 e. The van der Waals surface area contributed by atoms with E-state index in [0.29, 0.717) is 49.0 Å². The first-order valence-corrected chi connectivity index (χ1v) is 24.4. The number of carbonyl (C=O) groups excluding carboxylic acids is 7. The lowest BCUT2D eigenvalue weighted by molar-refractivity contribution is -0.148. The molecule has 7 amide bonds. The van der Waals surface area contributed by atoms with Crippen LogP contribution in [0.1, 0.15) is 90.7 Å². The molecule has 6 rings (SSSR count). The SMILES string of the molecule is CC[C@H](C)[C@@H]([C@@H](CC(=O)N1CCC[C@H]1[C@H](OC)[C@@H](C)C(=O)N[C@@H](Cc1ccccc1)C(=O)Nc1ccc(CN2C(=O)C=CC2=O)cc1)OC)N(C)C(=O)[C@@H](NC(=O)[C@@H]1[C@H]2CC[C@H](C2)N1C)C(C)C. The Hall–Kier alpha value is -5.45. The highest BCUT2D eigenvalue weighted by Crippen LogP contribution is 2.41. The molecule has 1 aliphatic carbocycles. The van der Waals surface area contributed by atoms with Crippen LogP contribution in [0, 0.1) is 23.7 Å². The molecule has 16 heteroatoms. The summed E-state index contributed by atoms with van der Waals surface area (Å²) in [6.45, 7) is 10.2. The maximum absolute atomic E-state index is 14.5. The Balaban J connectivity index is 1.11. The van der Waals surface area contributed by atoms with Crippen molar-refractivity contribution in [2.24, 2.45) is 23.7 Å². The van der Waals surface area contributed by atoms with Gasteiger partial charge in [-0.05, 0) is 80.2 Å². The van der Waals surface area contributed by atoms with Gasteiger partial charge in [0.1, 0.15) is 12.1 Å². The lowest BCUT2D eigenvalue weighted by atomic mass is 9.89. The first-order chi connectivity index (χ1) is 32.5. The number of methoxy groups -OCH3 is 2. The minimum absolute atomic E-state index is 0.0166. The van der Waals surface area contributed by atoms with Crippen LogP contribution in [0.4, 0.5) is 5.69 Å². The quantitative estimate of drug-likeness (QED) is 0.144. The third-order valence-corrected chi connectivity index (χ3v) is 15.0. The van der Waals surface area contributed by atoms with Crippen LogP contribution < -0.4 is 16.0 Å². The molecule has 370 valence electrons. The number of fused-ring (bicyclic) bond motifs is 2. The van der Waals surface area contributed by atoms with Crippen molar-refractivity contribution in [3.8, 4) is 0 Å². The Bertz CT molecular complexity index is 2130. The number of anilines is 1. The van der Waals surface area contributed by atoms with Crippen LogP contribution in [0.5, 0.6) is 0 Å². The van der Waals surface area contributed by atoms with E-state index >= 15 is 0 Å². The summed E-state index contributed by atoms with van der Waals surface area (Å²) in [5, 5.41) is 9.02. The number of ether oxygens (including phenoxy) is 2. The summed E-state index contributed by atoms with van der Waals surface area (Å²) in [7, 11) is 6.82. The standard InChI is InChI=1S/C52H73N7O9/c1-10-32(4)46(57(7)52(66)45(31(2)3)55-51(65)47-36-20-23-38(28-36)56(47)6)41(67-8)29-44(62)58-26-14-17-40(58)48(68-9)33(5)49(63)54-39(27-34-15-12-11-13-16-34)50(64)53-37-21-18-35(19-22-37)30-59-42(60)24-25-43(59)61/h11-13,15-16,18-19,21-22,24-25,31-33,36,38-41,45-48H,10,14,17,20,23,26-30H2,1-9H3,(H,53,64)(H,54,63)(H,55,65)/t32-,33+,36-,38+,39-,40-,41+,45-,46-,47-,48+/m0/s1. The number of nitrogens with zero attached hydrogens (tertiary/aromatic N) is 4. The zero-order valence-electron chi connectivity index (χ0n) is 41.3. The fraction of sp³-hybridized carbons (Fsp3) is 0.596. The van der Waals surface area contributed by atoms with Crippen LogP contribution in [-0.2, 0) is 56.0 Å². The molecule has 11 atom stereocenters. The number of benzene rings is 2. The molecule has 0 spiro atoms. The highest BCUT2D eigenvalue weighted by molar-refractivity contribution is 6.12. The molecule has 1 saturated carbocycles. The molecule has 3 fully saturated rings. The molecule has 3 heterocycles. The zero-order valence-corrected chi connectivity index (χ0v) is 41.3. The molecule has 2 saturated heterocycles. The van der Waals surface area contributed by atoms with E-state index in [9.17, 15) is 33.6 Å². The summed E-state index contributed by atoms with van der Waals surface area (Å²) in [6, 6.07) is 13.7. The number of hydrogen-bond donors (Lipinski definition) is 3.